The van der Waals surface area contributed by atoms with Crippen molar-refractivity contribution in [3.8, 4) is 0 Å². The van der Waals surface area contributed by atoms with Gasteiger partial charge in [-0.05, 0) is 24.0 Å². The lowest BCUT2D eigenvalue weighted by Crippen LogP contribution is -2.37. The van der Waals surface area contributed by atoms with Crippen molar-refractivity contribution in [1.82, 2.24) is 10.6 Å². The average Bonchev–Trinajstić information content (AvgIpc) is 2.98. The Morgan fingerprint density at radius 1 is 1.33 bits per heavy atom. The molecule has 1 atom stereocenters. The summed E-state index contributed by atoms with van der Waals surface area (Å²) in [6.07, 6.45) is 2.42. The molecule has 2 rings (SSSR count). The number of aliphatic hydroxyl groups is 1. The number of nitrogens with one attached hydrogen (secondary N) is 2. The van der Waals surface area contributed by atoms with E-state index in [4.69, 9.17) is 4.74 Å². The highest BCUT2D eigenvalue weighted by Crippen LogP contribution is 2.10. The predicted octanol–water partition coefficient (Wildman–Crippen LogP) is 0.985. The summed E-state index contributed by atoms with van der Waals surface area (Å²) in [5.74, 6) is -0.0456. The number of ether oxygens (including phenoxy) is 1. The molecule has 0 aromatic heterocycles. The van der Waals surface area contributed by atoms with E-state index in [-0.39, 0.29) is 31.0 Å². The minimum absolute atomic E-state index is 0. The van der Waals surface area contributed by atoms with E-state index in [1.165, 1.54) is 0 Å². The molecule has 1 heterocycles. The van der Waals surface area contributed by atoms with Crippen molar-refractivity contribution in [1.29, 1.82) is 0 Å². The van der Waals surface area contributed by atoms with E-state index in [1.54, 1.807) is 0 Å². The van der Waals surface area contributed by atoms with Gasteiger partial charge in [0.25, 0.3) is 0 Å². The molecule has 1 aromatic carbocycles. The van der Waals surface area contributed by atoms with Gasteiger partial charge in [-0.25, -0.2) is 0 Å². The molecule has 1 aliphatic rings. The molecule has 5 nitrogen and oxygen atoms in total. The SMILES string of the molecule is Cl.O=C(CNCC1CCCO1)NCc1ccccc1CO. The zero-order chi connectivity index (χ0) is 14.2. The van der Waals surface area contributed by atoms with Crippen LogP contribution in [-0.4, -0.2) is 36.8 Å². The van der Waals surface area contributed by atoms with E-state index in [2.05, 4.69) is 10.6 Å². The summed E-state index contributed by atoms with van der Waals surface area (Å²) < 4.78 is 5.47. The van der Waals surface area contributed by atoms with Gasteiger partial charge in [-0.2, -0.15) is 0 Å². The van der Waals surface area contributed by atoms with Crippen LogP contribution in [0.15, 0.2) is 24.3 Å². The third kappa shape index (κ3) is 6.01. The third-order valence-electron chi connectivity index (χ3n) is 3.45. The van der Waals surface area contributed by atoms with Crippen molar-refractivity contribution < 1.29 is 14.6 Å². The zero-order valence-electron chi connectivity index (χ0n) is 12.0. The van der Waals surface area contributed by atoms with Gasteiger partial charge >= 0.3 is 0 Å². The van der Waals surface area contributed by atoms with Crippen LogP contribution in [0.1, 0.15) is 24.0 Å². The minimum Gasteiger partial charge on any atom is -0.392 e. The summed E-state index contributed by atoms with van der Waals surface area (Å²) in [4.78, 5) is 11.7. The smallest absolute Gasteiger partial charge is 0.234 e. The average molecular weight is 315 g/mol. The summed E-state index contributed by atoms with van der Waals surface area (Å²) >= 11 is 0. The fourth-order valence-corrected chi connectivity index (χ4v) is 2.29. The van der Waals surface area contributed by atoms with E-state index in [1.807, 2.05) is 24.3 Å². The molecule has 0 bridgehead atoms. The monoisotopic (exact) mass is 314 g/mol. The van der Waals surface area contributed by atoms with Crippen molar-refractivity contribution in [2.24, 2.45) is 0 Å². The van der Waals surface area contributed by atoms with Gasteiger partial charge in [0.2, 0.25) is 5.91 Å². The second kappa shape index (κ2) is 9.73. The molecule has 118 valence electrons. The number of aliphatic hydroxyl groups excluding tert-OH is 1. The van der Waals surface area contributed by atoms with E-state index in [0.29, 0.717) is 13.1 Å². The van der Waals surface area contributed by atoms with E-state index in [9.17, 15) is 9.90 Å². The zero-order valence-corrected chi connectivity index (χ0v) is 12.8. The standard InChI is InChI=1S/C15H22N2O3.ClH/c18-11-13-5-2-1-4-12(13)8-17-15(19)10-16-9-14-6-3-7-20-14;/h1-2,4-5,14,16,18H,3,6-11H2,(H,17,19);1H. The van der Waals surface area contributed by atoms with Gasteiger partial charge in [0.05, 0.1) is 19.3 Å². The topological polar surface area (TPSA) is 70.6 Å². The van der Waals surface area contributed by atoms with Crippen molar-refractivity contribution in [3.05, 3.63) is 35.4 Å². The Morgan fingerprint density at radius 3 is 2.76 bits per heavy atom. The van der Waals surface area contributed by atoms with Crippen LogP contribution < -0.4 is 10.6 Å². The molecule has 1 unspecified atom stereocenters. The number of carbonyl (C=O) groups excluding carboxylic acids is 1. The molecule has 1 aliphatic heterocycles. The quantitative estimate of drug-likeness (QED) is 0.702. The lowest BCUT2D eigenvalue weighted by Gasteiger charge is -2.12. The molecule has 1 saturated heterocycles. The second-order valence-corrected chi connectivity index (χ2v) is 4.97. The molecule has 3 N–H and O–H groups in total. The fourth-order valence-electron chi connectivity index (χ4n) is 2.29. The van der Waals surface area contributed by atoms with Gasteiger partial charge < -0.3 is 20.5 Å². The molecule has 1 amide bonds. The molecule has 0 radical (unpaired) electrons. The second-order valence-electron chi connectivity index (χ2n) is 4.97. The van der Waals surface area contributed by atoms with E-state index in [0.717, 1.165) is 37.1 Å². The van der Waals surface area contributed by atoms with Crippen LogP contribution in [0.25, 0.3) is 0 Å². The molecular formula is C15H23ClN2O3. The lowest BCUT2D eigenvalue weighted by atomic mass is 10.1. The summed E-state index contributed by atoms with van der Waals surface area (Å²) in [5.41, 5.74) is 1.79. The van der Waals surface area contributed by atoms with Crippen molar-refractivity contribution in [2.75, 3.05) is 19.7 Å². The number of rotatable bonds is 7. The van der Waals surface area contributed by atoms with Crippen LogP contribution in [0.4, 0.5) is 0 Å². The van der Waals surface area contributed by atoms with Gasteiger partial charge in [-0.1, -0.05) is 24.3 Å². The van der Waals surface area contributed by atoms with Crippen molar-refractivity contribution in [3.63, 3.8) is 0 Å². The van der Waals surface area contributed by atoms with Gasteiger partial charge in [0.1, 0.15) is 0 Å². The van der Waals surface area contributed by atoms with Gasteiger partial charge in [-0.3, -0.25) is 4.79 Å². The summed E-state index contributed by atoms with van der Waals surface area (Å²) in [6, 6.07) is 7.54. The van der Waals surface area contributed by atoms with Crippen LogP contribution >= 0.6 is 12.4 Å². The van der Waals surface area contributed by atoms with Crippen LogP contribution in [-0.2, 0) is 22.7 Å². The molecule has 0 saturated carbocycles. The highest BCUT2D eigenvalue weighted by Gasteiger charge is 2.15. The molecule has 0 spiro atoms. The van der Waals surface area contributed by atoms with E-state index < -0.39 is 0 Å². The van der Waals surface area contributed by atoms with Crippen LogP contribution in [0, 0.1) is 0 Å². The minimum atomic E-state index is -0.0456. The van der Waals surface area contributed by atoms with Crippen LogP contribution in [0.2, 0.25) is 0 Å². The normalized spacial score (nSPS) is 17.3. The Labute approximate surface area is 131 Å². The molecule has 21 heavy (non-hydrogen) atoms. The van der Waals surface area contributed by atoms with Crippen LogP contribution in [0.5, 0.6) is 0 Å². The highest BCUT2D eigenvalue weighted by molar-refractivity contribution is 5.85. The van der Waals surface area contributed by atoms with Crippen molar-refractivity contribution >= 4 is 18.3 Å². The number of hydrogen-bond acceptors (Lipinski definition) is 4. The molecule has 1 fully saturated rings. The Morgan fingerprint density at radius 2 is 2.10 bits per heavy atom. The number of halogens is 1. The number of hydrogen-bond donors (Lipinski definition) is 3. The number of benzene rings is 1. The Balaban J connectivity index is 0.00000220. The largest absolute Gasteiger partial charge is 0.392 e. The first-order valence-corrected chi connectivity index (χ1v) is 7.06. The first-order valence-electron chi connectivity index (χ1n) is 7.06. The first-order chi connectivity index (χ1) is 9.79. The summed E-state index contributed by atoms with van der Waals surface area (Å²) in [6.45, 7) is 2.28. The maximum Gasteiger partial charge on any atom is 0.234 e. The first kappa shape index (κ1) is 17.9. The Bertz CT molecular complexity index is 437. The highest BCUT2D eigenvalue weighted by atomic mass is 35.5. The maximum atomic E-state index is 11.7. The summed E-state index contributed by atoms with van der Waals surface area (Å²) in [7, 11) is 0. The molecular weight excluding hydrogens is 292 g/mol. The van der Waals surface area contributed by atoms with Crippen LogP contribution in [0.3, 0.4) is 0 Å². The van der Waals surface area contributed by atoms with Gasteiger partial charge in [0, 0.05) is 19.7 Å². The number of carbonyl (C=O) groups is 1. The molecule has 6 heteroatoms. The van der Waals surface area contributed by atoms with Gasteiger partial charge in [0.15, 0.2) is 0 Å². The Hall–Kier alpha value is -1.14. The molecule has 0 aliphatic carbocycles. The lowest BCUT2D eigenvalue weighted by molar-refractivity contribution is -0.120. The van der Waals surface area contributed by atoms with Gasteiger partial charge in [-0.15, -0.1) is 12.4 Å². The third-order valence-corrected chi connectivity index (χ3v) is 3.45. The summed E-state index contributed by atoms with van der Waals surface area (Å²) in [5, 5.41) is 15.2. The van der Waals surface area contributed by atoms with E-state index >= 15 is 0 Å². The number of amides is 1. The fraction of sp³-hybridized carbons (Fsp3) is 0.533. The van der Waals surface area contributed by atoms with Crippen molar-refractivity contribution in [2.45, 2.75) is 32.1 Å². The maximum absolute atomic E-state index is 11.7. The Kier molecular flexibility index (Phi) is 8.30. The predicted molar refractivity (Wildman–Crippen MR) is 83.3 cm³/mol. The molecule has 1 aromatic rings.